The lowest BCUT2D eigenvalue weighted by molar-refractivity contribution is -0.188. The van der Waals surface area contributed by atoms with Gasteiger partial charge in [0.25, 0.3) is 0 Å². The Balaban J connectivity index is 3.54. The summed E-state index contributed by atoms with van der Waals surface area (Å²) in [5.41, 5.74) is -2.76. The average Bonchev–Trinajstić information content (AvgIpc) is 1.31. The summed E-state index contributed by atoms with van der Waals surface area (Å²) in [5.74, 6) is 0. The molecule has 0 heterocycles. The number of hydrogen-bond donors (Lipinski definition) is 1. The SMILES string of the molecule is [O]C(S)C(F)(F)F. The van der Waals surface area contributed by atoms with Gasteiger partial charge in [-0.15, -0.1) is 12.6 Å². The Kier molecular flexibility index (Phi) is 1.94. The lowest BCUT2D eigenvalue weighted by atomic mass is 10.7. The van der Waals surface area contributed by atoms with Crippen LogP contribution in [0.25, 0.3) is 0 Å². The zero-order valence-electron chi connectivity index (χ0n) is 3.07. The summed E-state index contributed by atoms with van der Waals surface area (Å²) in [5, 5.41) is 9.29. The number of halogens is 3. The van der Waals surface area contributed by atoms with E-state index in [-0.39, 0.29) is 0 Å². The van der Waals surface area contributed by atoms with Crippen molar-refractivity contribution in [1.29, 1.82) is 0 Å². The Labute approximate surface area is 43.6 Å². The molecule has 0 aromatic carbocycles. The molecule has 0 aliphatic heterocycles. The number of thiol groups is 1. The van der Waals surface area contributed by atoms with Gasteiger partial charge >= 0.3 is 6.18 Å². The van der Waals surface area contributed by atoms with E-state index in [4.69, 9.17) is 0 Å². The maximum Gasteiger partial charge on any atom is 0.427 e. The maximum absolute atomic E-state index is 10.8. The quantitative estimate of drug-likeness (QED) is 0.377. The van der Waals surface area contributed by atoms with Crippen molar-refractivity contribution in [1.82, 2.24) is 0 Å². The van der Waals surface area contributed by atoms with E-state index in [9.17, 15) is 18.3 Å². The number of alkyl halides is 3. The molecule has 0 rings (SSSR count). The van der Waals surface area contributed by atoms with Crippen LogP contribution >= 0.6 is 12.6 Å². The predicted molar refractivity (Wildman–Crippen MR) is 19.5 cm³/mol. The van der Waals surface area contributed by atoms with Crippen LogP contribution in [0.4, 0.5) is 13.2 Å². The Bertz CT molecular complexity index is 58.4. The van der Waals surface area contributed by atoms with Crippen LogP contribution in [0.1, 0.15) is 0 Å². The minimum atomic E-state index is -4.69. The van der Waals surface area contributed by atoms with Gasteiger partial charge in [0.15, 0.2) is 0 Å². The molecule has 5 heteroatoms. The highest BCUT2D eigenvalue weighted by atomic mass is 32.1. The number of rotatable bonds is 0. The average molecular weight is 131 g/mol. The Morgan fingerprint density at radius 1 is 1.43 bits per heavy atom. The Morgan fingerprint density at radius 3 is 1.57 bits per heavy atom. The zero-order chi connectivity index (χ0) is 6.08. The number of hydrogen-bond acceptors (Lipinski definition) is 1. The third kappa shape index (κ3) is 2.76. The van der Waals surface area contributed by atoms with Crippen LogP contribution in [0.15, 0.2) is 0 Å². The molecule has 0 aliphatic carbocycles. The van der Waals surface area contributed by atoms with E-state index < -0.39 is 11.6 Å². The highest BCUT2D eigenvalue weighted by Crippen LogP contribution is 2.21. The van der Waals surface area contributed by atoms with Gasteiger partial charge in [-0.3, -0.25) is 0 Å². The molecule has 0 aliphatic rings. The molecular formula is C2H2F3OS. The molecule has 1 atom stereocenters. The molecule has 1 unspecified atom stereocenters. The summed E-state index contributed by atoms with van der Waals surface area (Å²) in [4.78, 5) is 0. The van der Waals surface area contributed by atoms with Crippen molar-refractivity contribution >= 4 is 12.6 Å². The van der Waals surface area contributed by atoms with Gasteiger partial charge < -0.3 is 0 Å². The molecule has 0 amide bonds. The largest absolute Gasteiger partial charge is 0.427 e. The predicted octanol–water partition coefficient (Wildman–Crippen LogP) is 1.24. The maximum atomic E-state index is 10.8. The molecular weight excluding hydrogens is 129 g/mol. The van der Waals surface area contributed by atoms with Crippen LogP contribution in [-0.2, 0) is 5.11 Å². The monoisotopic (exact) mass is 131 g/mol. The molecule has 0 saturated carbocycles. The third-order valence-corrected chi connectivity index (χ3v) is 0.573. The molecule has 0 aromatic rings. The fraction of sp³-hybridized carbons (Fsp3) is 1.00. The van der Waals surface area contributed by atoms with Gasteiger partial charge in [0, 0.05) is 0 Å². The van der Waals surface area contributed by atoms with Gasteiger partial charge in [0.05, 0.1) is 0 Å². The summed E-state index contributed by atoms with van der Waals surface area (Å²) in [6.07, 6.45) is -4.69. The van der Waals surface area contributed by atoms with Gasteiger partial charge in [-0.05, 0) is 0 Å². The standard InChI is InChI=1S/C2H2F3OS/c3-2(4,5)1(6)7/h1,7H. The first-order valence-corrected chi connectivity index (χ1v) is 1.87. The molecule has 0 bridgehead atoms. The molecule has 0 aromatic heterocycles. The molecule has 7 heavy (non-hydrogen) atoms. The summed E-state index contributed by atoms with van der Waals surface area (Å²) >= 11 is 2.60. The van der Waals surface area contributed by atoms with E-state index in [1.807, 2.05) is 0 Å². The van der Waals surface area contributed by atoms with Crippen molar-refractivity contribution in [3.8, 4) is 0 Å². The van der Waals surface area contributed by atoms with Gasteiger partial charge in [-0.2, -0.15) is 13.2 Å². The molecule has 0 spiro atoms. The first-order valence-electron chi connectivity index (χ1n) is 1.35. The molecule has 1 nitrogen and oxygen atoms in total. The minimum Gasteiger partial charge on any atom is -0.211 e. The summed E-state index contributed by atoms with van der Waals surface area (Å²) < 4.78 is 32.4. The molecule has 43 valence electrons. The second-order valence-electron chi connectivity index (χ2n) is 0.894. The lowest BCUT2D eigenvalue weighted by Gasteiger charge is -2.03. The first kappa shape index (κ1) is 7.10. The summed E-state index contributed by atoms with van der Waals surface area (Å²) in [6, 6.07) is 0. The van der Waals surface area contributed by atoms with E-state index in [2.05, 4.69) is 12.6 Å². The second-order valence-corrected chi connectivity index (χ2v) is 1.36. The van der Waals surface area contributed by atoms with Crippen molar-refractivity contribution in [2.75, 3.05) is 0 Å². The van der Waals surface area contributed by atoms with E-state index in [1.165, 1.54) is 0 Å². The fourth-order valence-electron chi connectivity index (χ4n) is 0. The topological polar surface area (TPSA) is 19.9 Å². The smallest absolute Gasteiger partial charge is 0.211 e. The van der Waals surface area contributed by atoms with Crippen molar-refractivity contribution in [2.45, 2.75) is 11.6 Å². The molecule has 0 fully saturated rings. The summed E-state index contributed by atoms with van der Waals surface area (Å²) in [6.45, 7) is 0. The Hall–Kier alpha value is 0.100. The van der Waals surface area contributed by atoms with Crippen LogP contribution < -0.4 is 0 Å². The third-order valence-electron chi connectivity index (χ3n) is 0.280. The molecule has 0 N–H and O–H groups in total. The van der Waals surface area contributed by atoms with Gasteiger partial charge in [0.1, 0.15) is 0 Å². The van der Waals surface area contributed by atoms with Gasteiger partial charge in [-0.1, -0.05) is 0 Å². The lowest BCUT2D eigenvalue weighted by Crippen LogP contribution is -2.20. The van der Waals surface area contributed by atoms with Crippen LogP contribution in [0.5, 0.6) is 0 Å². The van der Waals surface area contributed by atoms with Crippen LogP contribution in [-0.4, -0.2) is 11.6 Å². The van der Waals surface area contributed by atoms with E-state index in [1.54, 1.807) is 0 Å². The minimum absolute atomic E-state index is 2.60. The van der Waals surface area contributed by atoms with Crippen LogP contribution in [0.3, 0.4) is 0 Å². The van der Waals surface area contributed by atoms with Crippen molar-refractivity contribution < 1.29 is 18.3 Å². The molecule has 1 radical (unpaired) electrons. The van der Waals surface area contributed by atoms with Crippen molar-refractivity contribution in [3.63, 3.8) is 0 Å². The normalized spacial score (nSPS) is 16.7. The van der Waals surface area contributed by atoms with Crippen molar-refractivity contribution in [3.05, 3.63) is 0 Å². The zero-order valence-corrected chi connectivity index (χ0v) is 3.96. The summed E-state index contributed by atoms with van der Waals surface area (Å²) in [7, 11) is 0. The van der Waals surface area contributed by atoms with Gasteiger partial charge in [-0.25, -0.2) is 5.11 Å². The highest BCUT2D eigenvalue weighted by Gasteiger charge is 2.36. The van der Waals surface area contributed by atoms with Gasteiger partial charge in [0.2, 0.25) is 5.44 Å². The van der Waals surface area contributed by atoms with E-state index in [0.29, 0.717) is 0 Å². The van der Waals surface area contributed by atoms with Crippen LogP contribution in [0, 0.1) is 0 Å². The van der Waals surface area contributed by atoms with E-state index >= 15 is 0 Å². The Morgan fingerprint density at radius 2 is 1.57 bits per heavy atom. The first-order chi connectivity index (χ1) is 2.94. The molecule has 0 saturated heterocycles. The highest BCUT2D eigenvalue weighted by molar-refractivity contribution is 7.80. The van der Waals surface area contributed by atoms with E-state index in [0.717, 1.165) is 0 Å². The van der Waals surface area contributed by atoms with Crippen LogP contribution in [0.2, 0.25) is 0 Å². The van der Waals surface area contributed by atoms with Crippen molar-refractivity contribution in [2.24, 2.45) is 0 Å². The second kappa shape index (κ2) is 1.92. The fourth-order valence-corrected chi connectivity index (χ4v) is 0.